The first kappa shape index (κ1) is 20.7. The van der Waals surface area contributed by atoms with Crippen molar-refractivity contribution < 1.29 is 9.90 Å². The van der Waals surface area contributed by atoms with Crippen LogP contribution in [0.4, 0.5) is 5.69 Å². The highest BCUT2D eigenvalue weighted by molar-refractivity contribution is 7.15. The van der Waals surface area contributed by atoms with Gasteiger partial charge in [-0.2, -0.15) is 5.26 Å². The number of carbonyl (C=O) groups is 1. The van der Waals surface area contributed by atoms with Crippen molar-refractivity contribution in [1.82, 2.24) is 19.9 Å². The second kappa shape index (κ2) is 8.73. The Morgan fingerprint density at radius 3 is 2.91 bits per heavy atom. The molecule has 164 valence electrons. The van der Waals surface area contributed by atoms with Crippen molar-refractivity contribution >= 4 is 40.1 Å². The molecule has 1 unspecified atom stereocenters. The van der Waals surface area contributed by atoms with Gasteiger partial charge in [0.25, 0.3) is 0 Å². The molecule has 0 radical (unpaired) electrons. The lowest BCUT2D eigenvalue weighted by atomic mass is 10.0. The molecule has 1 aliphatic heterocycles. The molecular formula is C23H24N6O2S. The monoisotopic (exact) mass is 448 g/mol. The Morgan fingerprint density at radius 1 is 1.34 bits per heavy atom. The first-order chi connectivity index (χ1) is 15.6. The van der Waals surface area contributed by atoms with E-state index in [0.717, 1.165) is 58.1 Å². The van der Waals surface area contributed by atoms with E-state index in [-0.39, 0.29) is 6.42 Å². The molecule has 0 bridgehead atoms. The summed E-state index contributed by atoms with van der Waals surface area (Å²) in [5, 5.41) is 23.5. The molecule has 32 heavy (non-hydrogen) atoms. The quantitative estimate of drug-likeness (QED) is 0.470. The number of aromatic amines is 1. The summed E-state index contributed by atoms with van der Waals surface area (Å²) in [7, 11) is 0. The summed E-state index contributed by atoms with van der Waals surface area (Å²) in [5.74, 6) is 0.425. The van der Waals surface area contributed by atoms with Gasteiger partial charge >= 0.3 is 5.97 Å². The van der Waals surface area contributed by atoms with Gasteiger partial charge in [0.2, 0.25) is 0 Å². The number of pyridine rings is 1. The lowest BCUT2D eigenvalue weighted by molar-refractivity contribution is -0.135. The minimum Gasteiger partial charge on any atom is -0.481 e. The number of likely N-dealkylation sites (tertiary alicyclic amines) is 1. The number of hydrogen-bond donors (Lipinski definition) is 3. The van der Waals surface area contributed by atoms with Crippen LogP contribution in [0.1, 0.15) is 24.1 Å². The van der Waals surface area contributed by atoms with Crippen molar-refractivity contribution in [3.05, 3.63) is 35.6 Å². The average Bonchev–Trinajstić information content (AvgIpc) is 3.52. The fraction of sp³-hybridized carbons (Fsp3) is 0.391. The Kier molecular flexibility index (Phi) is 5.64. The molecule has 2 aliphatic rings. The molecule has 5 rings (SSSR count). The van der Waals surface area contributed by atoms with Crippen LogP contribution in [0.3, 0.4) is 0 Å². The number of carboxylic acid groups (broad SMARTS) is 1. The Balaban J connectivity index is 1.38. The van der Waals surface area contributed by atoms with Crippen LogP contribution in [-0.4, -0.2) is 56.6 Å². The van der Waals surface area contributed by atoms with Crippen LogP contribution in [0.15, 0.2) is 30.7 Å². The summed E-state index contributed by atoms with van der Waals surface area (Å²) < 4.78 is 0. The van der Waals surface area contributed by atoms with Gasteiger partial charge in [-0.1, -0.05) is 6.08 Å². The first-order valence-corrected chi connectivity index (χ1v) is 11.6. The van der Waals surface area contributed by atoms with Gasteiger partial charge in [-0.3, -0.25) is 9.69 Å². The van der Waals surface area contributed by atoms with Crippen molar-refractivity contribution in [2.45, 2.75) is 25.3 Å². The zero-order valence-electron chi connectivity index (χ0n) is 17.5. The van der Waals surface area contributed by atoms with Crippen LogP contribution in [0.25, 0.3) is 27.7 Å². The SMILES string of the molecule is N#CCN1C[C@H]2CC(Nc3c(-c4ncc(/C=C/CC(=O)O)s4)cnc4[nH]ccc34)C[C@H]2C1. The molecule has 3 atom stereocenters. The van der Waals surface area contributed by atoms with Gasteiger partial charge < -0.3 is 15.4 Å². The first-order valence-electron chi connectivity index (χ1n) is 10.8. The van der Waals surface area contributed by atoms with Gasteiger partial charge in [-0.25, -0.2) is 9.97 Å². The number of anilines is 1. The third-order valence-electron chi connectivity index (χ3n) is 6.38. The minimum atomic E-state index is -0.850. The minimum absolute atomic E-state index is 0.00723. The number of hydrogen-bond acceptors (Lipinski definition) is 7. The maximum atomic E-state index is 10.7. The van der Waals surface area contributed by atoms with Crippen LogP contribution in [0.2, 0.25) is 0 Å². The van der Waals surface area contributed by atoms with Gasteiger partial charge in [-0.05, 0) is 36.8 Å². The van der Waals surface area contributed by atoms with Crippen LogP contribution in [-0.2, 0) is 4.79 Å². The number of aliphatic carboxylic acids is 1. The summed E-state index contributed by atoms with van der Waals surface area (Å²) in [6.07, 6.45) is 11.2. The molecule has 1 saturated heterocycles. The average molecular weight is 449 g/mol. The van der Waals surface area contributed by atoms with Crippen molar-refractivity contribution in [2.24, 2.45) is 11.8 Å². The summed E-state index contributed by atoms with van der Waals surface area (Å²) in [6, 6.07) is 4.69. The number of fused-ring (bicyclic) bond motifs is 2. The number of thiazole rings is 1. The predicted molar refractivity (Wildman–Crippen MR) is 124 cm³/mol. The number of carboxylic acids is 1. The summed E-state index contributed by atoms with van der Waals surface area (Å²) >= 11 is 1.53. The number of nitriles is 1. The van der Waals surface area contributed by atoms with E-state index in [2.05, 4.69) is 31.2 Å². The van der Waals surface area contributed by atoms with E-state index in [1.807, 2.05) is 18.5 Å². The van der Waals surface area contributed by atoms with Crippen molar-refractivity contribution in [3.63, 3.8) is 0 Å². The molecule has 2 fully saturated rings. The normalized spacial score (nSPS) is 23.0. The Hall–Kier alpha value is -3.22. The zero-order valence-corrected chi connectivity index (χ0v) is 18.3. The number of nitrogens with zero attached hydrogens (tertiary/aromatic N) is 4. The molecule has 3 aromatic heterocycles. The van der Waals surface area contributed by atoms with Crippen molar-refractivity contribution in [1.29, 1.82) is 5.26 Å². The second-order valence-electron chi connectivity index (χ2n) is 8.54. The van der Waals surface area contributed by atoms with Crippen LogP contribution >= 0.6 is 11.3 Å². The third-order valence-corrected chi connectivity index (χ3v) is 7.38. The van der Waals surface area contributed by atoms with Gasteiger partial charge in [0.15, 0.2) is 0 Å². The van der Waals surface area contributed by atoms with E-state index in [1.165, 1.54) is 11.3 Å². The molecule has 1 saturated carbocycles. The van der Waals surface area contributed by atoms with Crippen LogP contribution in [0.5, 0.6) is 0 Å². The molecular weight excluding hydrogens is 424 g/mol. The smallest absolute Gasteiger partial charge is 0.307 e. The van der Waals surface area contributed by atoms with Gasteiger partial charge in [-0.15, -0.1) is 11.3 Å². The van der Waals surface area contributed by atoms with Crippen LogP contribution in [0, 0.1) is 23.2 Å². The van der Waals surface area contributed by atoms with Gasteiger partial charge in [0.05, 0.1) is 30.3 Å². The van der Waals surface area contributed by atoms with Crippen molar-refractivity contribution in [2.75, 3.05) is 25.0 Å². The Morgan fingerprint density at radius 2 is 2.16 bits per heavy atom. The summed E-state index contributed by atoms with van der Waals surface area (Å²) in [5.41, 5.74) is 2.85. The second-order valence-corrected chi connectivity index (χ2v) is 9.60. The largest absolute Gasteiger partial charge is 0.481 e. The molecule has 8 nitrogen and oxygen atoms in total. The third kappa shape index (κ3) is 4.11. The van der Waals surface area contributed by atoms with E-state index in [0.29, 0.717) is 24.4 Å². The van der Waals surface area contributed by atoms with Gasteiger partial charge in [0.1, 0.15) is 10.7 Å². The van der Waals surface area contributed by atoms with Gasteiger partial charge in [0, 0.05) is 48.0 Å². The van der Waals surface area contributed by atoms with E-state index in [4.69, 9.17) is 10.4 Å². The van der Waals surface area contributed by atoms with E-state index in [1.54, 1.807) is 18.3 Å². The summed E-state index contributed by atoms with van der Waals surface area (Å²) in [4.78, 5) is 26.3. The Bertz CT molecular complexity index is 1190. The highest BCUT2D eigenvalue weighted by Crippen LogP contribution is 2.42. The standard InChI is InChI=1S/C23H24N6O2S/c24-5-7-29-12-14-8-16(9-15(14)13-29)28-21-18-4-6-25-22(18)26-11-19(21)23-27-10-17(32-23)2-1-3-20(30)31/h1-2,4,6,10-11,14-16H,3,7-9,12-13H2,(H,30,31)(H2,25,26,28)/b2-1+/t14-,15+,16?. The molecule has 1 aliphatic carbocycles. The molecule has 3 aromatic rings. The maximum absolute atomic E-state index is 10.7. The predicted octanol–water partition coefficient (Wildman–Crippen LogP) is 3.82. The number of aromatic nitrogens is 3. The highest BCUT2D eigenvalue weighted by Gasteiger charge is 2.41. The van der Waals surface area contributed by atoms with Crippen molar-refractivity contribution in [3.8, 4) is 16.6 Å². The molecule has 0 spiro atoms. The zero-order chi connectivity index (χ0) is 22.1. The molecule has 0 amide bonds. The Labute approximate surface area is 189 Å². The maximum Gasteiger partial charge on any atom is 0.307 e. The number of nitrogens with one attached hydrogen (secondary N) is 2. The number of rotatable bonds is 7. The number of H-pyrrole nitrogens is 1. The lowest BCUT2D eigenvalue weighted by Crippen LogP contribution is -2.25. The summed E-state index contributed by atoms with van der Waals surface area (Å²) in [6.45, 7) is 2.55. The van der Waals surface area contributed by atoms with E-state index < -0.39 is 5.97 Å². The lowest BCUT2D eigenvalue weighted by Gasteiger charge is -2.20. The fourth-order valence-corrected chi connectivity index (χ4v) is 5.90. The molecule has 0 aromatic carbocycles. The molecule has 4 heterocycles. The van der Waals surface area contributed by atoms with Crippen LogP contribution < -0.4 is 5.32 Å². The molecule has 9 heteroatoms. The van der Waals surface area contributed by atoms with E-state index >= 15 is 0 Å². The topological polar surface area (TPSA) is 118 Å². The van der Waals surface area contributed by atoms with E-state index in [9.17, 15) is 4.79 Å². The fourth-order valence-electron chi connectivity index (χ4n) is 5.04. The highest BCUT2D eigenvalue weighted by atomic mass is 32.1. The molecule has 3 N–H and O–H groups in total.